The van der Waals surface area contributed by atoms with E-state index in [1.165, 1.54) is 197 Å². The van der Waals surface area contributed by atoms with Crippen molar-refractivity contribution in [2.75, 3.05) is 38.8 Å². The number of hydrogen-bond donors (Lipinski definition) is 2. The average Bonchev–Trinajstić information content (AvgIpc) is 1.56. The van der Waals surface area contributed by atoms with Crippen molar-refractivity contribution in [3.63, 3.8) is 0 Å². The lowest BCUT2D eigenvalue weighted by Gasteiger charge is -2.29. The molecule has 3 N–H and O–H groups in total. The van der Waals surface area contributed by atoms with Crippen molar-refractivity contribution < 1.29 is 56.4 Å². The lowest BCUT2D eigenvalue weighted by molar-refractivity contribution is -0.204. The number of aliphatic hydroxyl groups excluding tert-OH is 1. The molecule has 2 fully saturated rings. The summed E-state index contributed by atoms with van der Waals surface area (Å²) in [6.07, 6.45) is 39.8. The van der Waals surface area contributed by atoms with Gasteiger partial charge in [-0.1, -0.05) is 291 Å². The molecule has 98 heavy (non-hydrogen) atoms. The Kier molecular flexibility index (Phi) is 40.1. The summed E-state index contributed by atoms with van der Waals surface area (Å²) >= 11 is 6.51. The number of phosphoric acid groups is 1. The van der Waals surface area contributed by atoms with Crippen LogP contribution >= 0.6 is 19.4 Å². The van der Waals surface area contributed by atoms with Crippen molar-refractivity contribution >= 4 is 30.8 Å². The molecule has 4 heterocycles. The highest BCUT2D eigenvalue weighted by Crippen LogP contribution is 2.54. The van der Waals surface area contributed by atoms with Gasteiger partial charge in [0, 0.05) is 13.2 Å². The fraction of sp³-hybridized carbons (Fsp3) is 0.684. The number of aliphatic hydroxyl groups is 1. The summed E-state index contributed by atoms with van der Waals surface area (Å²) in [4.78, 5) is 4.07. The van der Waals surface area contributed by atoms with Gasteiger partial charge in [-0.15, -0.1) is 0 Å². The van der Waals surface area contributed by atoms with E-state index < -0.39 is 49.7 Å². The molecule has 2 aromatic heterocycles. The number of benzene rings is 3. The topological polar surface area (TPSA) is 210 Å². The molecule has 1 unspecified atom stereocenters. The molecular formula is C79H123ClN5O12P. The molecule has 9 atom stereocenters. The molecule has 17 nitrogen and oxygen atoms in total. The van der Waals surface area contributed by atoms with Crippen molar-refractivity contribution in [3.05, 3.63) is 125 Å². The van der Waals surface area contributed by atoms with Crippen molar-refractivity contribution in [2.45, 2.75) is 314 Å². The van der Waals surface area contributed by atoms with E-state index in [1.54, 1.807) is 50.2 Å². The molecule has 0 spiro atoms. The van der Waals surface area contributed by atoms with E-state index in [0.717, 1.165) is 37.0 Å². The first-order chi connectivity index (χ1) is 47.7. The average molecular weight is 1400 g/mol. The molecule has 0 saturated carbocycles. The van der Waals surface area contributed by atoms with Gasteiger partial charge in [0.2, 0.25) is 5.60 Å². The Morgan fingerprint density at radius 3 is 1.51 bits per heavy atom. The van der Waals surface area contributed by atoms with Crippen LogP contribution in [0, 0.1) is 11.3 Å². The Morgan fingerprint density at radius 1 is 0.592 bits per heavy atom. The second-order valence-corrected chi connectivity index (χ2v) is 29.4. The van der Waals surface area contributed by atoms with Crippen molar-refractivity contribution in [1.82, 2.24) is 14.6 Å². The van der Waals surface area contributed by atoms with Gasteiger partial charge in [0.05, 0.1) is 56.0 Å². The fourth-order valence-corrected chi connectivity index (χ4v) is 14.3. The normalized spacial score (nSPS) is 19.1. The Labute approximate surface area is 594 Å². The number of hydrogen-bond acceptors (Lipinski definition) is 16. The van der Waals surface area contributed by atoms with Gasteiger partial charge >= 0.3 is 7.82 Å². The summed E-state index contributed by atoms with van der Waals surface area (Å²) in [6, 6.07) is 32.2. The number of nitrogen functional groups attached to an aromatic ring is 1. The lowest BCUT2D eigenvalue weighted by atomic mass is 9.92. The van der Waals surface area contributed by atoms with Crippen LogP contribution in [0.5, 0.6) is 5.75 Å². The second-order valence-electron chi connectivity index (χ2n) is 27.4. The molecule has 2 saturated heterocycles. The number of anilines is 1. The zero-order chi connectivity index (χ0) is 70.0. The van der Waals surface area contributed by atoms with E-state index in [0.29, 0.717) is 24.4 Å². The number of aromatic nitrogens is 3. The van der Waals surface area contributed by atoms with Crippen LogP contribution in [0.3, 0.4) is 0 Å². The third-order valence-electron chi connectivity index (χ3n) is 18.7. The summed E-state index contributed by atoms with van der Waals surface area (Å²) in [6.45, 7) is 13.5. The SMILES string of the molecule is CCCCCCCCCCCCCCCCCCO[C@@H](C)[C@H](CO)OCc1ccccc1.CCCCCCCCCCCCCCCCCCO[C@@H](C)[C@H](COP(=O)(OC[C@H]1O[C@@](C#N)(c2ccc3c(N)ncnn23)[C@@H]2OC(C)(C)O[C@@H]21)Oc1ccccc1Cl)OCc1ccccc1. The summed E-state index contributed by atoms with van der Waals surface area (Å²) in [5.74, 6) is -0.781. The number of unbranched alkanes of at least 4 members (excludes halogenated alkanes) is 30. The first kappa shape index (κ1) is 82.4. The predicted molar refractivity (Wildman–Crippen MR) is 392 cm³/mol. The molecule has 7 rings (SSSR count). The van der Waals surface area contributed by atoms with E-state index in [2.05, 4.69) is 30.0 Å². The molecule has 0 bridgehead atoms. The maximum Gasteiger partial charge on any atom is 0.530 e. The summed E-state index contributed by atoms with van der Waals surface area (Å²) < 4.78 is 78.3. The molecule has 0 aliphatic carbocycles. The Hall–Kier alpha value is -4.51. The van der Waals surface area contributed by atoms with Crippen LogP contribution in [-0.4, -0.2) is 101 Å². The van der Waals surface area contributed by atoms with E-state index in [1.807, 2.05) is 74.5 Å². The zero-order valence-corrected chi connectivity index (χ0v) is 62.2. The largest absolute Gasteiger partial charge is 0.530 e. The summed E-state index contributed by atoms with van der Waals surface area (Å²) in [5, 5.41) is 25.0. The molecule has 5 aromatic rings. The van der Waals surface area contributed by atoms with E-state index in [9.17, 15) is 14.9 Å². The van der Waals surface area contributed by atoms with E-state index in [4.69, 9.17) is 64.1 Å². The molecule has 2 aliphatic rings. The molecule has 3 aromatic carbocycles. The van der Waals surface area contributed by atoms with Crippen LogP contribution in [0.25, 0.3) is 5.52 Å². The van der Waals surface area contributed by atoms with Crippen LogP contribution in [0.15, 0.2) is 103 Å². The van der Waals surface area contributed by atoms with Gasteiger partial charge in [-0.05, 0) is 75.9 Å². The van der Waals surface area contributed by atoms with Crippen LogP contribution in [-0.2, 0) is 65.6 Å². The number of nitrogens with zero attached hydrogens (tertiary/aromatic N) is 4. The van der Waals surface area contributed by atoms with Gasteiger partial charge in [-0.2, -0.15) is 10.4 Å². The standard InChI is InChI=1S/C50H71ClN5O9P.C29H52O3/c1-5-6-7-8-9-10-11-12-13-14-15-16-17-18-19-25-32-58-38(2)43(59-33-39-26-21-20-22-27-39)34-60-66(57,65-42-29-24-23-28-40(42)51)61-35-44-46-47(64-49(3,4)63-46)50(36-52,62-44)45-31-30-41-48(53)54-37-55-56(41)45;1-3-4-5-6-7-8-9-10-11-12-13-14-15-16-17-21-24-31-27(2)29(25-30)32-26-28-22-19-18-20-23-28/h20-24,26-31,37-38,43-44,46-47H,5-19,25,32-35H2,1-4H3,(H2,53,54,55);18-20,22-23,27,29-30H,3-17,21,24-26H2,1-2H3/t38-,43-,44+,46+,47+,50-,66?;27-,29-/m00/s1. The first-order valence-electron chi connectivity index (χ1n) is 37.8. The number of nitriles is 1. The number of rotatable bonds is 54. The summed E-state index contributed by atoms with van der Waals surface area (Å²) in [5.41, 5.74) is 7.33. The third-order valence-corrected chi connectivity index (χ3v) is 20.4. The number of phosphoric ester groups is 1. The minimum absolute atomic E-state index is 0.00699. The molecule has 2 aliphatic heterocycles. The monoisotopic (exact) mass is 1400 g/mol. The molecular weight excluding hydrogens is 1280 g/mol. The van der Waals surface area contributed by atoms with Crippen LogP contribution in [0.4, 0.5) is 5.82 Å². The Morgan fingerprint density at radius 2 is 1.04 bits per heavy atom. The molecule has 548 valence electrons. The Balaban J connectivity index is 0.000000398. The van der Waals surface area contributed by atoms with Gasteiger partial charge in [0.25, 0.3) is 0 Å². The lowest BCUT2D eigenvalue weighted by Crippen LogP contribution is -2.40. The number of nitrogens with two attached hydrogens (primary N) is 1. The maximum absolute atomic E-state index is 14.9. The minimum atomic E-state index is -4.52. The molecule has 0 radical (unpaired) electrons. The zero-order valence-electron chi connectivity index (χ0n) is 60.6. The van der Waals surface area contributed by atoms with E-state index >= 15 is 0 Å². The predicted octanol–water partition coefficient (Wildman–Crippen LogP) is 20.3. The van der Waals surface area contributed by atoms with Crippen molar-refractivity contribution in [3.8, 4) is 11.8 Å². The maximum atomic E-state index is 14.9. The van der Waals surface area contributed by atoms with Crippen LogP contribution < -0.4 is 10.3 Å². The highest BCUT2D eigenvalue weighted by molar-refractivity contribution is 7.49. The van der Waals surface area contributed by atoms with Crippen molar-refractivity contribution in [1.29, 1.82) is 5.26 Å². The van der Waals surface area contributed by atoms with Gasteiger partial charge < -0.3 is 48.5 Å². The smallest absolute Gasteiger partial charge is 0.402 e. The van der Waals surface area contributed by atoms with Gasteiger partial charge in [-0.3, -0.25) is 9.05 Å². The second kappa shape index (κ2) is 47.6. The highest BCUT2D eigenvalue weighted by atomic mass is 35.5. The number of ether oxygens (including phenoxy) is 7. The van der Waals surface area contributed by atoms with Gasteiger partial charge in [0.15, 0.2) is 11.6 Å². The number of fused-ring (bicyclic) bond motifs is 2. The fourth-order valence-electron chi connectivity index (χ4n) is 12.8. The first-order valence-corrected chi connectivity index (χ1v) is 39.6. The van der Waals surface area contributed by atoms with Gasteiger partial charge in [0.1, 0.15) is 54.2 Å². The summed E-state index contributed by atoms with van der Waals surface area (Å²) in [7, 11) is -4.52. The van der Waals surface area contributed by atoms with Gasteiger partial charge in [-0.25, -0.2) is 14.1 Å². The van der Waals surface area contributed by atoms with Crippen LogP contribution in [0.1, 0.15) is 264 Å². The van der Waals surface area contributed by atoms with Crippen molar-refractivity contribution in [2.24, 2.45) is 0 Å². The third kappa shape index (κ3) is 29.8. The Bertz CT molecular complexity index is 2960. The number of para-hydroxylation sites is 1. The minimum Gasteiger partial charge on any atom is -0.402 e. The quantitative estimate of drug-likeness (QED) is 0.0274. The highest BCUT2D eigenvalue weighted by Gasteiger charge is 2.65. The van der Waals surface area contributed by atoms with E-state index in [-0.39, 0.29) is 55.2 Å². The van der Waals surface area contributed by atoms with Crippen LogP contribution in [0.2, 0.25) is 5.02 Å². The number of halogens is 1. The molecule has 19 heteroatoms. The molecule has 0 amide bonds.